The Bertz CT molecular complexity index is 967. The smallest absolute Gasteiger partial charge is 0.353 e. The Balaban J connectivity index is 1.92. The monoisotopic (exact) mass is 363 g/mol. The average molecular weight is 363 g/mol. The van der Waals surface area contributed by atoms with E-state index in [0.717, 1.165) is 18.4 Å². The van der Waals surface area contributed by atoms with Gasteiger partial charge in [-0.2, -0.15) is 0 Å². The first-order valence-corrected chi connectivity index (χ1v) is 9.49. The summed E-state index contributed by atoms with van der Waals surface area (Å²) in [5.41, 5.74) is 2.76. The summed E-state index contributed by atoms with van der Waals surface area (Å²) in [7, 11) is 1.68. The van der Waals surface area contributed by atoms with Crippen LogP contribution >= 0.6 is 0 Å². The second-order valence-corrected chi connectivity index (χ2v) is 6.94. The van der Waals surface area contributed by atoms with Crippen LogP contribution in [0, 0.1) is 0 Å². The number of carboxylic acids is 1. The van der Waals surface area contributed by atoms with Crippen molar-refractivity contribution in [1.82, 2.24) is 4.57 Å². The highest BCUT2D eigenvalue weighted by Crippen LogP contribution is 2.28. The largest absolute Gasteiger partial charge is 0.477 e. The number of aryl methyl sites for hydroxylation is 2. The van der Waals surface area contributed by atoms with E-state index < -0.39 is 5.97 Å². The van der Waals surface area contributed by atoms with Gasteiger partial charge in [-0.1, -0.05) is 68.7 Å². The Morgan fingerprint density at radius 2 is 1.67 bits per heavy atom. The van der Waals surface area contributed by atoms with E-state index in [1.807, 2.05) is 42.5 Å². The number of hydrogen-bond donors (Lipinski definition) is 1. The van der Waals surface area contributed by atoms with E-state index in [1.54, 1.807) is 17.7 Å². The first-order valence-electron chi connectivity index (χ1n) is 9.49. The van der Waals surface area contributed by atoms with Crippen LogP contribution in [0.25, 0.3) is 10.9 Å². The molecule has 27 heavy (non-hydrogen) atoms. The van der Waals surface area contributed by atoms with E-state index in [4.69, 9.17) is 0 Å². The maximum absolute atomic E-state index is 13.1. The van der Waals surface area contributed by atoms with E-state index in [9.17, 15) is 14.7 Å². The predicted octanol–water partition coefficient (Wildman–Crippen LogP) is 5.23. The topological polar surface area (TPSA) is 59.3 Å². The van der Waals surface area contributed by atoms with Crippen LogP contribution in [-0.2, 0) is 13.5 Å². The van der Waals surface area contributed by atoms with Crippen molar-refractivity contribution in [3.63, 3.8) is 0 Å². The van der Waals surface area contributed by atoms with E-state index >= 15 is 0 Å². The first kappa shape index (κ1) is 18.9. The maximum atomic E-state index is 13.1. The third kappa shape index (κ3) is 3.80. The van der Waals surface area contributed by atoms with Crippen molar-refractivity contribution in [1.29, 1.82) is 0 Å². The molecule has 0 bridgehead atoms. The molecule has 0 aliphatic carbocycles. The number of aromatic nitrogens is 1. The Morgan fingerprint density at radius 3 is 2.33 bits per heavy atom. The van der Waals surface area contributed by atoms with Crippen molar-refractivity contribution in [3.8, 4) is 0 Å². The van der Waals surface area contributed by atoms with Crippen molar-refractivity contribution < 1.29 is 14.7 Å². The zero-order chi connectivity index (χ0) is 19.4. The van der Waals surface area contributed by atoms with Crippen molar-refractivity contribution in [2.45, 2.75) is 39.0 Å². The van der Waals surface area contributed by atoms with Crippen molar-refractivity contribution >= 4 is 22.7 Å². The maximum Gasteiger partial charge on any atom is 0.353 e. The molecule has 0 atom stereocenters. The Hall–Kier alpha value is -2.88. The highest BCUT2D eigenvalue weighted by Gasteiger charge is 2.26. The molecule has 0 saturated heterocycles. The molecule has 0 spiro atoms. The number of hydrogen-bond acceptors (Lipinski definition) is 2. The minimum absolute atomic E-state index is 0.0323. The van der Waals surface area contributed by atoms with Crippen molar-refractivity contribution in [2.24, 2.45) is 7.05 Å². The minimum Gasteiger partial charge on any atom is -0.477 e. The Kier molecular flexibility index (Phi) is 5.75. The van der Waals surface area contributed by atoms with E-state index in [2.05, 4.69) is 6.92 Å². The average Bonchev–Trinajstić information content (AvgIpc) is 2.98. The molecule has 1 heterocycles. The molecule has 3 aromatic rings. The van der Waals surface area contributed by atoms with Crippen LogP contribution in [0.2, 0.25) is 0 Å². The molecule has 1 N–H and O–H groups in total. The summed E-state index contributed by atoms with van der Waals surface area (Å²) >= 11 is 0. The molecule has 1 aromatic heterocycles. The van der Waals surface area contributed by atoms with Gasteiger partial charge in [-0.3, -0.25) is 4.79 Å². The molecule has 4 heteroatoms. The normalized spacial score (nSPS) is 11.0. The van der Waals surface area contributed by atoms with Crippen LogP contribution < -0.4 is 0 Å². The van der Waals surface area contributed by atoms with Gasteiger partial charge in [0, 0.05) is 23.5 Å². The molecule has 0 radical (unpaired) electrons. The summed E-state index contributed by atoms with van der Waals surface area (Å²) in [6.45, 7) is 2.19. The quantitative estimate of drug-likeness (QED) is 0.440. The van der Waals surface area contributed by atoms with Gasteiger partial charge < -0.3 is 9.67 Å². The number of nitrogens with zero attached hydrogens (tertiary/aromatic N) is 1. The number of carboxylic acid groups (broad SMARTS) is 1. The van der Waals surface area contributed by atoms with Gasteiger partial charge in [-0.05, 0) is 24.5 Å². The highest BCUT2D eigenvalue weighted by atomic mass is 16.4. The number of fused-ring (bicyclic) bond motifs is 1. The predicted molar refractivity (Wildman–Crippen MR) is 108 cm³/mol. The molecule has 0 aliphatic rings. The fourth-order valence-electron chi connectivity index (χ4n) is 3.60. The summed E-state index contributed by atoms with van der Waals surface area (Å²) in [5.74, 6) is -1.34. The van der Waals surface area contributed by atoms with Gasteiger partial charge in [0.25, 0.3) is 0 Å². The van der Waals surface area contributed by atoms with Gasteiger partial charge in [0.15, 0.2) is 5.78 Å². The van der Waals surface area contributed by atoms with Crippen molar-refractivity contribution in [3.05, 3.63) is 70.9 Å². The number of ketones is 1. The molecule has 2 aromatic carbocycles. The van der Waals surface area contributed by atoms with Gasteiger partial charge in [-0.15, -0.1) is 0 Å². The van der Waals surface area contributed by atoms with Gasteiger partial charge in [0.05, 0.1) is 5.56 Å². The summed E-state index contributed by atoms with van der Waals surface area (Å²) in [6, 6.07) is 14.9. The van der Waals surface area contributed by atoms with Crippen LogP contribution in [0.3, 0.4) is 0 Å². The minimum atomic E-state index is -1.09. The van der Waals surface area contributed by atoms with Crippen LogP contribution in [0.15, 0.2) is 48.5 Å². The summed E-state index contributed by atoms with van der Waals surface area (Å²) < 4.78 is 1.58. The van der Waals surface area contributed by atoms with Gasteiger partial charge in [-0.25, -0.2) is 4.79 Å². The molecule has 4 nitrogen and oxygen atoms in total. The third-order valence-electron chi connectivity index (χ3n) is 5.07. The lowest BCUT2D eigenvalue weighted by molar-refractivity contribution is 0.0683. The fraction of sp³-hybridized carbons (Fsp3) is 0.304. The number of para-hydroxylation sites is 1. The zero-order valence-corrected chi connectivity index (χ0v) is 15.9. The molecule has 0 saturated carbocycles. The molecule has 0 amide bonds. The van der Waals surface area contributed by atoms with E-state index in [-0.39, 0.29) is 17.0 Å². The zero-order valence-electron chi connectivity index (χ0n) is 15.9. The molecule has 0 aliphatic heterocycles. The van der Waals surface area contributed by atoms with Gasteiger partial charge >= 0.3 is 5.97 Å². The molecule has 140 valence electrons. The van der Waals surface area contributed by atoms with Crippen LogP contribution in [0.1, 0.15) is 64.6 Å². The molecule has 3 rings (SSSR count). The Labute approximate surface area is 159 Å². The number of rotatable bonds is 8. The molecule has 0 fully saturated rings. The van der Waals surface area contributed by atoms with Crippen LogP contribution in [0.5, 0.6) is 0 Å². The number of aromatic carboxylic acids is 1. The molecule has 0 unspecified atom stereocenters. The standard InChI is InChI=1S/C23H25NO3/c1-3-4-5-6-9-16-12-14-17(15-13-16)22(25)20-18-10-7-8-11-19(18)24(2)21(20)23(26)27/h7-8,10-15H,3-6,9H2,1-2H3,(H,26,27). The first-order chi connectivity index (χ1) is 13.0. The number of benzene rings is 2. The Morgan fingerprint density at radius 1 is 0.963 bits per heavy atom. The van der Waals surface area contributed by atoms with Crippen LogP contribution in [0.4, 0.5) is 0 Å². The third-order valence-corrected chi connectivity index (χ3v) is 5.07. The lowest BCUT2D eigenvalue weighted by atomic mass is 9.98. The molecular formula is C23H25NO3. The lowest BCUT2D eigenvalue weighted by Crippen LogP contribution is -2.12. The van der Waals surface area contributed by atoms with Gasteiger partial charge in [0.2, 0.25) is 0 Å². The van der Waals surface area contributed by atoms with Crippen molar-refractivity contribution in [2.75, 3.05) is 0 Å². The highest BCUT2D eigenvalue weighted by molar-refractivity contribution is 6.21. The van der Waals surface area contributed by atoms with Crippen LogP contribution in [-0.4, -0.2) is 21.4 Å². The summed E-state index contributed by atoms with van der Waals surface area (Å²) in [6.07, 6.45) is 5.83. The fourth-order valence-corrected chi connectivity index (χ4v) is 3.60. The SMILES string of the molecule is CCCCCCc1ccc(C(=O)c2c(C(=O)O)n(C)c3ccccc23)cc1. The lowest BCUT2D eigenvalue weighted by Gasteiger charge is -2.05. The second kappa shape index (κ2) is 8.21. The van der Waals surface area contributed by atoms with E-state index in [1.165, 1.54) is 24.8 Å². The van der Waals surface area contributed by atoms with E-state index in [0.29, 0.717) is 10.9 Å². The second-order valence-electron chi connectivity index (χ2n) is 6.94. The summed E-state index contributed by atoms with van der Waals surface area (Å²) in [5, 5.41) is 10.3. The van der Waals surface area contributed by atoms with Gasteiger partial charge in [0.1, 0.15) is 5.69 Å². The number of carbonyl (C=O) groups excluding carboxylic acids is 1. The number of unbranched alkanes of at least 4 members (excludes halogenated alkanes) is 3. The molecular weight excluding hydrogens is 338 g/mol. The summed E-state index contributed by atoms with van der Waals surface area (Å²) in [4.78, 5) is 24.9. The number of carbonyl (C=O) groups is 2.